The Morgan fingerprint density at radius 2 is 2.10 bits per heavy atom. The standard InChI is InChI=1S/C23H25Cl2N3O2S/c24-17-3-4-19(20(25)12-17)21-14-27-23(30-21)6-5-22(29)26-13-16-7-9-28(10-8-16)15-18-2-1-11-31-18/h1-4,11-12,14,16H,5-10,13,15H2,(H,26,29). The maximum atomic E-state index is 12.3. The maximum absolute atomic E-state index is 12.3. The molecule has 1 N–H and O–H groups in total. The molecular formula is C23H25Cl2N3O2S. The second-order valence-electron chi connectivity index (χ2n) is 7.85. The first-order valence-electron chi connectivity index (χ1n) is 10.5. The molecule has 0 atom stereocenters. The van der Waals surface area contributed by atoms with Gasteiger partial charge in [0, 0.05) is 41.4 Å². The highest BCUT2D eigenvalue weighted by atomic mass is 35.5. The topological polar surface area (TPSA) is 58.4 Å². The lowest BCUT2D eigenvalue weighted by atomic mass is 9.96. The summed E-state index contributed by atoms with van der Waals surface area (Å²) < 4.78 is 5.77. The van der Waals surface area contributed by atoms with Crippen molar-refractivity contribution in [3.63, 3.8) is 0 Å². The number of likely N-dealkylation sites (tertiary alicyclic amines) is 1. The third kappa shape index (κ3) is 6.32. The highest BCUT2D eigenvalue weighted by molar-refractivity contribution is 7.09. The summed E-state index contributed by atoms with van der Waals surface area (Å²) in [6.07, 6.45) is 4.68. The van der Waals surface area contributed by atoms with Crippen molar-refractivity contribution >= 4 is 40.4 Å². The zero-order valence-electron chi connectivity index (χ0n) is 17.2. The first-order chi connectivity index (χ1) is 15.1. The van der Waals surface area contributed by atoms with E-state index >= 15 is 0 Å². The van der Waals surface area contributed by atoms with Gasteiger partial charge in [0.25, 0.3) is 0 Å². The van der Waals surface area contributed by atoms with Gasteiger partial charge in [0.2, 0.25) is 5.91 Å². The molecule has 2 aromatic heterocycles. The molecule has 0 aliphatic carbocycles. The Morgan fingerprint density at radius 3 is 2.84 bits per heavy atom. The zero-order chi connectivity index (χ0) is 21.6. The lowest BCUT2D eigenvalue weighted by molar-refractivity contribution is -0.121. The Morgan fingerprint density at radius 1 is 1.26 bits per heavy atom. The highest BCUT2D eigenvalue weighted by Crippen LogP contribution is 2.30. The molecule has 0 spiro atoms. The number of nitrogens with one attached hydrogen (secondary N) is 1. The number of carbonyl (C=O) groups excluding carboxylic acids is 1. The number of piperidine rings is 1. The van der Waals surface area contributed by atoms with Crippen LogP contribution >= 0.6 is 34.5 Å². The molecule has 3 aromatic rings. The van der Waals surface area contributed by atoms with Gasteiger partial charge in [0.05, 0.1) is 11.2 Å². The molecule has 3 heterocycles. The van der Waals surface area contributed by atoms with Gasteiger partial charge in [-0.3, -0.25) is 9.69 Å². The Kier molecular flexibility index (Phi) is 7.67. The maximum Gasteiger partial charge on any atom is 0.220 e. The fourth-order valence-corrected chi connectivity index (χ4v) is 5.03. The fourth-order valence-electron chi connectivity index (χ4n) is 3.78. The summed E-state index contributed by atoms with van der Waals surface area (Å²) >= 11 is 14.0. The van der Waals surface area contributed by atoms with Crippen LogP contribution in [0.4, 0.5) is 0 Å². The summed E-state index contributed by atoms with van der Waals surface area (Å²) in [5.74, 6) is 1.68. The van der Waals surface area contributed by atoms with Crippen LogP contribution in [0.2, 0.25) is 10.0 Å². The molecule has 1 amide bonds. The van der Waals surface area contributed by atoms with Gasteiger partial charge in [0.15, 0.2) is 11.7 Å². The van der Waals surface area contributed by atoms with Crippen molar-refractivity contribution in [2.75, 3.05) is 19.6 Å². The number of halogens is 2. The van der Waals surface area contributed by atoms with E-state index in [9.17, 15) is 4.79 Å². The minimum absolute atomic E-state index is 0.0327. The van der Waals surface area contributed by atoms with Crippen LogP contribution in [0, 0.1) is 5.92 Å². The molecule has 0 unspecified atom stereocenters. The van der Waals surface area contributed by atoms with Gasteiger partial charge in [0.1, 0.15) is 0 Å². The SMILES string of the molecule is O=C(CCc1ncc(-c2ccc(Cl)cc2Cl)o1)NCC1CCN(Cc2cccs2)CC1. The molecule has 1 aliphatic heterocycles. The minimum Gasteiger partial charge on any atom is -0.441 e. The average molecular weight is 478 g/mol. The molecule has 1 aliphatic rings. The molecule has 8 heteroatoms. The number of aryl methyl sites for hydroxylation is 1. The number of rotatable bonds is 8. The number of hydrogen-bond acceptors (Lipinski definition) is 5. The first kappa shape index (κ1) is 22.3. The number of oxazole rings is 1. The normalized spacial score (nSPS) is 15.3. The molecule has 1 aromatic carbocycles. The van der Waals surface area contributed by atoms with E-state index in [0.717, 1.165) is 44.6 Å². The minimum atomic E-state index is 0.0327. The molecular weight excluding hydrogens is 453 g/mol. The largest absolute Gasteiger partial charge is 0.441 e. The van der Waals surface area contributed by atoms with Crippen LogP contribution < -0.4 is 5.32 Å². The quantitative estimate of drug-likeness (QED) is 0.453. The van der Waals surface area contributed by atoms with Gasteiger partial charge in [-0.2, -0.15) is 0 Å². The molecule has 4 rings (SSSR count). The summed E-state index contributed by atoms with van der Waals surface area (Å²) in [6.45, 7) is 3.95. The van der Waals surface area contributed by atoms with Gasteiger partial charge < -0.3 is 9.73 Å². The highest BCUT2D eigenvalue weighted by Gasteiger charge is 2.20. The van der Waals surface area contributed by atoms with Crippen molar-refractivity contribution in [3.8, 4) is 11.3 Å². The van der Waals surface area contributed by atoms with Crippen LogP contribution in [0.1, 0.15) is 30.0 Å². The average Bonchev–Trinajstić information content (AvgIpc) is 3.44. The summed E-state index contributed by atoms with van der Waals surface area (Å²) in [6, 6.07) is 9.52. The molecule has 31 heavy (non-hydrogen) atoms. The van der Waals surface area contributed by atoms with E-state index in [1.807, 2.05) is 11.3 Å². The number of carbonyl (C=O) groups is 1. The zero-order valence-corrected chi connectivity index (χ0v) is 19.5. The summed E-state index contributed by atoms with van der Waals surface area (Å²) in [7, 11) is 0. The van der Waals surface area contributed by atoms with Gasteiger partial charge in [-0.25, -0.2) is 4.98 Å². The molecule has 0 saturated carbocycles. The monoisotopic (exact) mass is 477 g/mol. The van der Waals surface area contributed by atoms with Gasteiger partial charge in [-0.1, -0.05) is 29.3 Å². The third-order valence-corrected chi connectivity index (χ3v) is 6.98. The molecule has 5 nitrogen and oxygen atoms in total. The van der Waals surface area contributed by atoms with Crippen LogP contribution in [0.3, 0.4) is 0 Å². The first-order valence-corrected chi connectivity index (χ1v) is 12.1. The van der Waals surface area contributed by atoms with Crippen LogP contribution in [0.5, 0.6) is 0 Å². The predicted octanol–water partition coefficient (Wildman–Crippen LogP) is 5.67. The van der Waals surface area contributed by atoms with Crippen LogP contribution in [0.25, 0.3) is 11.3 Å². The molecule has 1 saturated heterocycles. The number of benzene rings is 1. The summed E-state index contributed by atoms with van der Waals surface area (Å²) in [5.41, 5.74) is 0.736. The fraction of sp³-hybridized carbons (Fsp3) is 0.391. The van der Waals surface area contributed by atoms with E-state index in [1.165, 1.54) is 4.88 Å². The lowest BCUT2D eigenvalue weighted by Crippen LogP contribution is -2.38. The van der Waals surface area contributed by atoms with Crippen LogP contribution in [0.15, 0.2) is 46.3 Å². The molecule has 1 fully saturated rings. The second-order valence-corrected chi connectivity index (χ2v) is 9.72. The van der Waals surface area contributed by atoms with E-state index in [-0.39, 0.29) is 5.91 Å². The van der Waals surface area contributed by atoms with E-state index in [0.29, 0.717) is 40.5 Å². The predicted molar refractivity (Wildman–Crippen MR) is 126 cm³/mol. The summed E-state index contributed by atoms with van der Waals surface area (Å²) in [4.78, 5) is 20.5. The molecule has 164 valence electrons. The Bertz CT molecular complexity index is 998. The summed E-state index contributed by atoms with van der Waals surface area (Å²) in [5, 5.41) is 6.28. The van der Waals surface area contributed by atoms with Crippen LogP contribution in [-0.2, 0) is 17.8 Å². The van der Waals surface area contributed by atoms with Crippen molar-refractivity contribution < 1.29 is 9.21 Å². The van der Waals surface area contributed by atoms with Gasteiger partial charge >= 0.3 is 0 Å². The molecule has 0 radical (unpaired) electrons. The van der Waals surface area contributed by atoms with Crippen molar-refractivity contribution in [1.29, 1.82) is 0 Å². The Labute approximate surface area is 196 Å². The Hall–Kier alpha value is -1.86. The van der Waals surface area contributed by atoms with E-state index < -0.39 is 0 Å². The van der Waals surface area contributed by atoms with Crippen LogP contribution in [-0.4, -0.2) is 35.4 Å². The number of hydrogen-bond donors (Lipinski definition) is 1. The van der Waals surface area contributed by atoms with Gasteiger partial charge in [-0.05, 0) is 61.5 Å². The van der Waals surface area contributed by atoms with Crippen molar-refractivity contribution in [1.82, 2.24) is 15.2 Å². The van der Waals surface area contributed by atoms with Crippen molar-refractivity contribution in [2.24, 2.45) is 5.92 Å². The van der Waals surface area contributed by atoms with E-state index in [2.05, 4.69) is 32.7 Å². The Balaban J connectivity index is 1.17. The molecule has 0 bridgehead atoms. The van der Waals surface area contributed by atoms with Crippen molar-refractivity contribution in [2.45, 2.75) is 32.2 Å². The van der Waals surface area contributed by atoms with E-state index in [4.69, 9.17) is 27.6 Å². The lowest BCUT2D eigenvalue weighted by Gasteiger charge is -2.31. The third-order valence-electron chi connectivity index (χ3n) is 5.57. The smallest absolute Gasteiger partial charge is 0.220 e. The van der Waals surface area contributed by atoms with Crippen molar-refractivity contribution in [3.05, 3.63) is 62.7 Å². The number of aromatic nitrogens is 1. The van der Waals surface area contributed by atoms with Gasteiger partial charge in [-0.15, -0.1) is 11.3 Å². The second kappa shape index (κ2) is 10.6. The number of nitrogens with zero attached hydrogens (tertiary/aromatic N) is 2. The number of thiophene rings is 1. The van der Waals surface area contributed by atoms with E-state index in [1.54, 1.807) is 24.4 Å². The number of amides is 1.